The number of nitrogens with zero attached hydrogens (tertiary/aromatic N) is 2. The molecule has 0 aliphatic carbocycles. The smallest absolute Gasteiger partial charge is 0.338 e. The fourth-order valence-corrected chi connectivity index (χ4v) is 3.18. The van der Waals surface area contributed by atoms with Crippen molar-refractivity contribution in [3.05, 3.63) is 48.0 Å². The van der Waals surface area contributed by atoms with Crippen LogP contribution in [0.25, 0.3) is 10.6 Å². The minimum atomic E-state index is -0.339. The number of anilines is 2. The molecule has 1 heterocycles. The maximum Gasteiger partial charge on any atom is 0.338 e. The molecule has 3 rings (SSSR count). The van der Waals surface area contributed by atoms with E-state index in [1.165, 1.54) is 11.3 Å². The Morgan fingerprint density at radius 2 is 1.85 bits per heavy atom. The van der Waals surface area contributed by atoms with Crippen molar-refractivity contribution in [3.8, 4) is 22.1 Å². The zero-order valence-electron chi connectivity index (χ0n) is 15.2. The van der Waals surface area contributed by atoms with Crippen molar-refractivity contribution in [2.24, 2.45) is 0 Å². The Labute approximate surface area is 160 Å². The predicted octanol–water partition coefficient (Wildman–Crippen LogP) is 4.14. The van der Waals surface area contributed by atoms with E-state index >= 15 is 0 Å². The molecule has 7 nitrogen and oxygen atoms in total. The third-order valence-electron chi connectivity index (χ3n) is 3.71. The van der Waals surface area contributed by atoms with Crippen LogP contribution >= 0.6 is 11.3 Å². The highest BCUT2D eigenvalue weighted by Gasteiger charge is 2.13. The van der Waals surface area contributed by atoms with Gasteiger partial charge in [0.2, 0.25) is 5.13 Å². The molecule has 0 unspecified atom stereocenters. The average Bonchev–Trinajstić information content (AvgIpc) is 3.16. The molecule has 0 saturated heterocycles. The second-order valence-corrected chi connectivity index (χ2v) is 6.38. The van der Waals surface area contributed by atoms with Crippen molar-refractivity contribution in [2.75, 3.05) is 26.1 Å². The van der Waals surface area contributed by atoms with E-state index in [-0.39, 0.29) is 5.97 Å². The van der Waals surface area contributed by atoms with Crippen LogP contribution in [-0.4, -0.2) is 37.0 Å². The fourth-order valence-electron chi connectivity index (χ4n) is 2.39. The molecule has 2 aromatic carbocycles. The molecule has 0 spiro atoms. The van der Waals surface area contributed by atoms with E-state index < -0.39 is 0 Å². The highest BCUT2D eigenvalue weighted by Crippen LogP contribution is 2.36. The standard InChI is InChI=1S/C19H19N3O4S/c1-4-26-18(23)12-5-7-13(8-6-12)20-19-22-21-17(27-19)15-10-9-14(24-2)11-16(15)25-3/h5-11H,4H2,1-3H3,(H,20,22). The molecule has 0 radical (unpaired) electrons. The quantitative estimate of drug-likeness (QED) is 0.612. The summed E-state index contributed by atoms with van der Waals surface area (Å²) in [5, 5.41) is 12.9. The summed E-state index contributed by atoms with van der Waals surface area (Å²) in [4.78, 5) is 11.7. The molecular weight excluding hydrogens is 366 g/mol. The van der Waals surface area contributed by atoms with E-state index in [1.807, 2.05) is 12.1 Å². The Bertz CT molecular complexity index is 925. The maximum atomic E-state index is 11.7. The number of methoxy groups -OCH3 is 2. The normalized spacial score (nSPS) is 10.3. The summed E-state index contributed by atoms with van der Waals surface area (Å²) in [6.07, 6.45) is 0. The molecule has 0 fully saturated rings. The van der Waals surface area contributed by atoms with E-state index in [1.54, 1.807) is 51.5 Å². The molecule has 1 N–H and O–H groups in total. The molecule has 0 aliphatic heterocycles. The van der Waals surface area contributed by atoms with Gasteiger partial charge in [0.1, 0.15) is 11.5 Å². The van der Waals surface area contributed by atoms with Crippen LogP contribution in [0.1, 0.15) is 17.3 Å². The molecule has 0 bridgehead atoms. The predicted molar refractivity (Wildman–Crippen MR) is 104 cm³/mol. The maximum absolute atomic E-state index is 11.7. The van der Waals surface area contributed by atoms with Gasteiger partial charge in [-0.15, -0.1) is 10.2 Å². The van der Waals surface area contributed by atoms with Crippen LogP contribution in [0.2, 0.25) is 0 Å². The molecule has 140 valence electrons. The number of hydrogen-bond donors (Lipinski definition) is 1. The van der Waals surface area contributed by atoms with Gasteiger partial charge < -0.3 is 19.5 Å². The number of carbonyl (C=O) groups excluding carboxylic acids is 1. The van der Waals surface area contributed by atoms with Crippen LogP contribution in [0.5, 0.6) is 11.5 Å². The first kappa shape index (κ1) is 18.7. The van der Waals surface area contributed by atoms with Crippen LogP contribution in [0.3, 0.4) is 0 Å². The van der Waals surface area contributed by atoms with Gasteiger partial charge in [0.25, 0.3) is 0 Å². The molecular formula is C19H19N3O4S. The van der Waals surface area contributed by atoms with E-state index in [0.29, 0.717) is 28.8 Å². The molecule has 0 atom stereocenters. The van der Waals surface area contributed by atoms with Gasteiger partial charge in [-0.25, -0.2) is 4.79 Å². The molecule has 27 heavy (non-hydrogen) atoms. The van der Waals surface area contributed by atoms with Crippen molar-refractivity contribution >= 4 is 28.1 Å². The lowest BCUT2D eigenvalue weighted by Crippen LogP contribution is -2.04. The van der Waals surface area contributed by atoms with E-state index in [2.05, 4.69) is 15.5 Å². The highest BCUT2D eigenvalue weighted by molar-refractivity contribution is 7.18. The van der Waals surface area contributed by atoms with Crippen LogP contribution in [0, 0.1) is 0 Å². The number of hydrogen-bond acceptors (Lipinski definition) is 8. The first-order chi connectivity index (χ1) is 13.1. The molecule has 3 aromatic rings. The SMILES string of the molecule is CCOC(=O)c1ccc(Nc2nnc(-c3ccc(OC)cc3OC)s2)cc1. The van der Waals surface area contributed by atoms with Crippen LogP contribution < -0.4 is 14.8 Å². The summed E-state index contributed by atoms with van der Waals surface area (Å²) >= 11 is 1.40. The van der Waals surface area contributed by atoms with Crippen molar-refractivity contribution in [2.45, 2.75) is 6.92 Å². The van der Waals surface area contributed by atoms with Gasteiger partial charge >= 0.3 is 5.97 Å². The van der Waals surface area contributed by atoms with Crippen LogP contribution in [-0.2, 0) is 4.74 Å². The lowest BCUT2D eigenvalue weighted by atomic mass is 10.2. The molecule has 0 aliphatic rings. The summed E-state index contributed by atoms with van der Waals surface area (Å²) in [5.41, 5.74) is 2.14. The number of benzene rings is 2. The number of ether oxygens (including phenoxy) is 3. The Kier molecular flexibility index (Phi) is 5.87. The molecule has 0 saturated carbocycles. The fraction of sp³-hybridized carbons (Fsp3) is 0.211. The Hall–Kier alpha value is -3.13. The summed E-state index contributed by atoms with van der Waals surface area (Å²) in [6.45, 7) is 2.12. The minimum absolute atomic E-state index is 0.339. The van der Waals surface area contributed by atoms with Crippen LogP contribution in [0.4, 0.5) is 10.8 Å². The second-order valence-electron chi connectivity index (χ2n) is 5.40. The van der Waals surface area contributed by atoms with Crippen molar-refractivity contribution in [1.29, 1.82) is 0 Å². The minimum Gasteiger partial charge on any atom is -0.497 e. The monoisotopic (exact) mass is 385 g/mol. The number of rotatable bonds is 7. The first-order valence-electron chi connectivity index (χ1n) is 8.24. The van der Waals surface area contributed by atoms with Gasteiger partial charge in [0, 0.05) is 11.8 Å². The van der Waals surface area contributed by atoms with E-state index in [9.17, 15) is 4.79 Å². The van der Waals surface area contributed by atoms with Crippen molar-refractivity contribution < 1.29 is 19.0 Å². The largest absolute Gasteiger partial charge is 0.497 e. The van der Waals surface area contributed by atoms with Crippen molar-refractivity contribution in [3.63, 3.8) is 0 Å². The number of nitrogens with one attached hydrogen (secondary N) is 1. The lowest BCUT2D eigenvalue weighted by Gasteiger charge is -2.07. The molecule has 1 aromatic heterocycles. The van der Waals surface area contributed by atoms with Crippen molar-refractivity contribution in [1.82, 2.24) is 10.2 Å². The summed E-state index contributed by atoms with van der Waals surface area (Å²) < 4.78 is 15.6. The summed E-state index contributed by atoms with van der Waals surface area (Å²) in [6, 6.07) is 12.5. The average molecular weight is 385 g/mol. The van der Waals surface area contributed by atoms with E-state index in [0.717, 1.165) is 16.3 Å². The lowest BCUT2D eigenvalue weighted by molar-refractivity contribution is 0.0526. The number of aromatic nitrogens is 2. The third kappa shape index (κ3) is 4.35. The van der Waals surface area contributed by atoms with Gasteiger partial charge in [0.05, 0.1) is 32.0 Å². The van der Waals surface area contributed by atoms with Gasteiger partial charge in [0.15, 0.2) is 5.01 Å². The second kappa shape index (κ2) is 8.50. The van der Waals surface area contributed by atoms with Crippen LogP contribution in [0.15, 0.2) is 42.5 Å². The van der Waals surface area contributed by atoms with Gasteiger partial charge in [-0.05, 0) is 43.3 Å². The zero-order chi connectivity index (χ0) is 19.2. The topological polar surface area (TPSA) is 82.6 Å². The van der Waals surface area contributed by atoms with Gasteiger partial charge in [-0.1, -0.05) is 11.3 Å². The number of esters is 1. The Morgan fingerprint density at radius 3 is 2.52 bits per heavy atom. The first-order valence-corrected chi connectivity index (χ1v) is 9.06. The molecule has 0 amide bonds. The molecule has 8 heteroatoms. The Morgan fingerprint density at radius 1 is 1.07 bits per heavy atom. The summed E-state index contributed by atoms with van der Waals surface area (Å²) in [5.74, 6) is 1.03. The zero-order valence-corrected chi connectivity index (χ0v) is 16.0. The van der Waals surface area contributed by atoms with E-state index in [4.69, 9.17) is 14.2 Å². The van der Waals surface area contributed by atoms with Gasteiger partial charge in [-0.3, -0.25) is 0 Å². The summed E-state index contributed by atoms with van der Waals surface area (Å²) in [7, 11) is 3.21. The third-order valence-corrected chi connectivity index (χ3v) is 4.58. The van der Waals surface area contributed by atoms with Gasteiger partial charge in [-0.2, -0.15) is 0 Å². The highest BCUT2D eigenvalue weighted by atomic mass is 32.1. The Balaban J connectivity index is 1.76. The number of carbonyl (C=O) groups is 1.